The van der Waals surface area contributed by atoms with E-state index in [1.54, 1.807) is 4.90 Å². The largest absolute Gasteiger partial charge is 0.550 e. The summed E-state index contributed by atoms with van der Waals surface area (Å²) in [6, 6.07) is 0. The van der Waals surface area contributed by atoms with Crippen molar-refractivity contribution in [3.8, 4) is 0 Å². The van der Waals surface area contributed by atoms with Gasteiger partial charge in [-0.2, -0.15) is 0 Å². The number of quaternary nitrogens is 1. The molecule has 0 aromatic rings. The Morgan fingerprint density at radius 1 is 1.00 bits per heavy atom. The van der Waals surface area contributed by atoms with Gasteiger partial charge in [0.1, 0.15) is 0 Å². The van der Waals surface area contributed by atoms with Crippen molar-refractivity contribution < 1.29 is 14.8 Å². The zero-order chi connectivity index (χ0) is 12.8. The molecule has 0 radical (unpaired) electrons. The molecule has 16 heavy (non-hydrogen) atoms. The van der Waals surface area contributed by atoms with Gasteiger partial charge in [0.05, 0.1) is 20.6 Å². The minimum absolute atomic E-state index is 0.111. The number of nitrogens with one attached hydrogen (secondary N) is 1. The summed E-state index contributed by atoms with van der Waals surface area (Å²) in [5, 5.41) is 9.26. The highest BCUT2D eigenvalue weighted by atomic mass is 16.4. The van der Waals surface area contributed by atoms with Crippen LogP contribution in [0.1, 0.15) is 58.8 Å². The van der Waals surface area contributed by atoms with E-state index in [-0.39, 0.29) is 6.42 Å². The zero-order valence-electron chi connectivity index (χ0n) is 11.5. The first-order valence-electron chi connectivity index (χ1n) is 6.53. The van der Waals surface area contributed by atoms with E-state index in [0.29, 0.717) is 0 Å². The second kappa shape index (κ2) is 14.4. The Balaban J connectivity index is 0. The molecule has 0 aliphatic rings. The van der Waals surface area contributed by atoms with Crippen molar-refractivity contribution in [1.29, 1.82) is 0 Å². The summed E-state index contributed by atoms with van der Waals surface area (Å²) in [6.07, 6.45) is 8.63. The highest BCUT2D eigenvalue weighted by molar-refractivity contribution is 5.63. The third-order valence-electron chi connectivity index (χ3n) is 2.32. The summed E-state index contributed by atoms with van der Waals surface area (Å²) < 4.78 is 0. The molecule has 0 aliphatic heterocycles. The van der Waals surface area contributed by atoms with Gasteiger partial charge in [0, 0.05) is 5.97 Å². The molecule has 0 atom stereocenters. The first kappa shape index (κ1) is 17.8. The Bertz CT molecular complexity index is 147. The van der Waals surface area contributed by atoms with Crippen LogP contribution in [0.2, 0.25) is 0 Å². The van der Waals surface area contributed by atoms with Crippen molar-refractivity contribution in [3.63, 3.8) is 0 Å². The fourth-order valence-electron chi connectivity index (χ4n) is 1.26. The summed E-state index contributed by atoms with van der Waals surface area (Å²) in [5.74, 6) is -0.995. The molecule has 0 amide bonds. The molecule has 0 saturated heterocycles. The van der Waals surface area contributed by atoms with E-state index in [0.717, 1.165) is 0 Å². The standard InChI is InChI=1S/C10H23N.C3H6O2/c1-4-5-6-7-8-9-10-11(2)3;1-2-3(4)5/h4-10H2,1-3H3;2H2,1H3,(H,4,5). The summed E-state index contributed by atoms with van der Waals surface area (Å²) in [6.45, 7) is 5.14. The van der Waals surface area contributed by atoms with Gasteiger partial charge < -0.3 is 14.8 Å². The summed E-state index contributed by atoms with van der Waals surface area (Å²) in [5.41, 5.74) is 0. The van der Waals surface area contributed by atoms with Crippen molar-refractivity contribution in [2.24, 2.45) is 0 Å². The maximum Gasteiger partial charge on any atom is 0.0766 e. The predicted octanol–water partition coefficient (Wildman–Crippen LogP) is 0.638. The van der Waals surface area contributed by atoms with Gasteiger partial charge in [0.2, 0.25) is 0 Å². The van der Waals surface area contributed by atoms with E-state index in [2.05, 4.69) is 21.0 Å². The van der Waals surface area contributed by atoms with Gasteiger partial charge in [-0.15, -0.1) is 0 Å². The van der Waals surface area contributed by atoms with Crippen LogP contribution in [0.15, 0.2) is 0 Å². The lowest BCUT2D eigenvalue weighted by molar-refractivity contribution is -0.858. The number of hydrogen-bond acceptors (Lipinski definition) is 2. The van der Waals surface area contributed by atoms with Gasteiger partial charge in [0.25, 0.3) is 0 Å². The summed E-state index contributed by atoms with van der Waals surface area (Å²) in [4.78, 5) is 10.8. The first-order valence-corrected chi connectivity index (χ1v) is 6.53. The van der Waals surface area contributed by atoms with Gasteiger partial charge in [-0.05, 0) is 19.3 Å². The molecule has 3 heteroatoms. The lowest BCUT2D eigenvalue weighted by Crippen LogP contribution is -3.05. The van der Waals surface area contributed by atoms with Gasteiger partial charge >= 0.3 is 0 Å². The number of hydrogen-bond donors (Lipinski definition) is 1. The van der Waals surface area contributed by atoms with Crippen molar-refractivity contribution in [2.75, 3.05) is 20.6 Å². The van der Waals surface area contributed by atoms with E-state index >= 15 is 0 Å². The van der Waals surface area contributed by atoms with Gasteiger partial charge in [0.15, 0.2) is 0 Å². The molecule has 0 aromatic heterocycles. The van der Waals surface area contributed by atoms with E-state index in [9.17, 15) is 9.90 Å². The van der Waals surface area contributed by atoms with Gasteiger partial charge in [-0.25, -0.2) is 0 Å². The molecule has 3 nitrogen and oxygen atoms in total. The van der Waals surface area contributed by atoms with E-state index in [1.807, 2.05) is 0 Å². The average Bonchev–Trinajstić information content (AvgIpc) is 2.23. The van der Waals surface area contributed by atoms with Gasteiger partial charge in [-0.3, -0.25) is 0 Å². The van der Waals surface area contributed by atoms with Crippen LogP contribution in [0, 0.1) is 0 Å². The van der Waals surface area contributed by atoms with Crippen LogP contribution < -0.4 is 10.0 Å². The van der Waals surface area contributed by atoms with Crippen molar-refractivity contribution >= 4 is 5.97 Å². The predicted molar refractivity (Wildman–Crippen MR) is 66.4 cm³/mol. The maximum atomic E-state index is 9.26. The first-order chi connectivity index (χ1) is 7.54. The summed E-state index contributed by atoms with van der Waals surface area (Å²) >= 11 is 0. The molecule has 0 bridgehead atoms. The highest BCUT2D eigenvalue weighted by Gasteiger charge is 1.93. The molecule has 0 saturated carbocycles. The Morgan fingerprint density at radius 3 is 1.81 bits per heavy atom. The van der Waals surface area contributed by atoms with Crippen molar-refractivity contribution in [2.45, 2.75) is 58.8 Å². The van der Waals surface area contributed by atoms with Crippen LogP contribution in [-0.2, 0) is 4.79 Å². The fourth-order valence-corrected chi connectivity index (χ4v) is 1.26. The molecule has 0 aromatic carbocycles. The number of carbonyl (C=O) groups is 1. The number of carboxylic acids is 1. The second-order valence-corrected chi connectivity index (χ2v) is 4.45. The Hall–Kier alpha value is -0.570. The zero-order valence-corrected chi connectivity index (χ0v) is 11.5. The second-order valence-electron chi connectivity index (χ2n) is 4.45. The molecule has 0 rings (SSSR count). The molecule has 0 unspecified atom stereocenters. The SMILES string of the molecule is CCC(=O)[O-].CCCCCCCC[NH+](C)C. The number of rotatable bonds is 8. The quantitative estimate of drug-likeness (QED) is 0.623. The Kier molecular flexibility index (Phi) is 16.1. The lowest BCUT2D eigenvalue weighted by Gasteiger charge is -2.05. The van der Waals surface area contributed by atoms with E-state index < -0.39 is 5.97 Å². The molecule has 0 aliphatic carbocycles. The average molecular weight is 231 g/mol. The lowest BCUT2D eigenvalue weighted by atomic mass is 10.1. The van der Waals surface area contributed by atoms with Crippen LogP contribution in [0.4, 0.5) is 0 Å². The minimum Gasteiger partial charge on any atom is -0.550 e. The number of unbranched alkanes of at least 4 members (excludes halogenated alkanes) is 5. The Morgan fingerprint density at radius 2 is 1.44 bits per heavy atom. The smallest absolute Gasteiger partial charge is 0.0766 e. The van der Waals surface area contributed by atoms with Crippen LogP contribution in [0.25, 0.3) is 0 Å². The maximum absolute atomic E-state index is 9.26. The third kappa shape index (κ3) is 23.3. The molecule has 98 valence electrons. The van der Waals surface area contributed by atoms with Crippen LogP contribution >= 0.6 is 0 Å². The molecular formula is C13H29NO2. The number of carbonyl (C=O) groups excluding carboxylic acids is 1. The van der Waals surface area contributed by atoms with Crippen molar-refractivity contribution in [1.82, 2.24) is 0 Å². The number of carboxylic acid groups (broad SMARTS) is 1. The topological polar surface area (TPSA) is 44.6 Å². The monoisotopic (exact) mass is 231 g/mol. The normalized spacial score (nSPS) is 9.81. The minimum atomic E-state index is -0.995. The van der Waals surface area contributed by atoms with Crippen LogP contribution in [0.3, 0.4) is 0 Å². The molecule has 0 heterocycles. The molecule has 1 N–H and O–H groups in total. The van der Waals surface area contributed by atoms with Crippen LogP contribution in [-0.4, -0.2) is 26.6 Å². The molecular weight excluding hydrogens is 202 g/mol. The highest BCUT2D eigenvalue weighted by Crippen LogP contribution is 2.03. The van der Waals surface area contributed by atoms with Gasteiger partial charge in [-0.1, -0.05) is 39.5 Å². The van der Waals surface area contributed by atoms with Crippen LogP contribution in [0.5, 0.6) is 0 Å². The fraction of sp³-hybridized carbons (Fsp3) is 0.923. The molecule has 0 fully saturated rings. The Labute approximate surface area is 101 Å². The van der Waals surface area contributed by atoms with Crippen molar-refractivity contribution in [3.05, 3.63) is 0 Å². The third-order valence-corrected chi connectivity index (χ3v) is 2.32. The van der Waals surface area contributed by atoms with E-state index in [4.69, 9.17) is 0 Å². The van der Waals surface area contributed by atoms with E-state index in [1.165, 1.54) is 52.0 Å². The summed E-state index contributed by atoms with van der Waals surface area (Å²) in [7, 11) is 4.46. The number of aliphatic carboxylic acids is 1. The molecule has 0 spiro atoms.